The molecular formula is C24H23ClN6O. The van der Waals surface area contributed by atoms with Crippen molar-refractivity contribution in [3.05, 3.63) is 59.4 Å². The molecule has 2 aliphatic rings. The van der Waals surface area contributed by atoms with E-state index in [0.717, 1.165) is 72.2 Å². The Morgan fingerprint density at radius 3 is 2.25 bits per heavy atom. The monoisotopic (exact) mass is 446 g/mol. The first-order valence-electron chi connectivity index (χ1n) is 11.1. The number of hydrogen-bond donors (Lipinski definition) is 0. The molecular weight excluding hydrogens is 424 g/mol. The zero-order chi connectivity index (χ0) is 21.5. The summed E-state index contributed by atoms with van der Waals surface area (Å²) in [5.41, 5.74) is 1.73. The maximum absolute atomic E-state index is 6.40. The third-order valence-corrected chi connectivity index (χ3v) is 6.86. The van der Waals surface area contributed by atoms with Crippen LogP contribution < -0.4 is 9.80 Å². The molecule has 8 heteroatoms. The number of fused-ring (bicyclic) bond motifs is 1. The Kier molecular flexibility index (Phi) is 4.91. The Bertz CT molecular complexity index is 1260. The summed E-state index contributed by atoms with van der Waals surface area (Å²) < 4.78 is 5.98. The van der Waals surface area contributed by atoms with E-state index >= 15 is 0 Å². The van der Waals surface area contributed by atoms with Gasteiger partial charge in [0.1, 0.15) is 0 Å². The fourth-order valence-electron chi connectivity index (χ4n) is 4.50. The highest BCUT2D eigenvalue weighted by atomic mass is 35.5. The van der Waals surface area contributed by atoms with Crippen LogP contribution in [0.2, 0.25) is 5.02 Å². The Labute approximate surface area is 191 Å². The van der Waals surface area contributed by atoms with Gasteiger partial charge in [-0.25, -0.2) is 0 Å². The second-order valence-electron chi connectivity index (χ2n) is 8.42. The minimum absolute atomic E-state index is 0.393. The lowest BCUT2D eigenvalue weighted by Crippen LogP contribution is -2.47. The molecule has 0 N–H and O–H groups in total. The minimum Gasteiger partial charge on any atom is -0.419 e. The van der Waals surface area contributed by atoms with Gasteiger partial charge in [0, 0.05) is 42.9 Å². The molecule has 7 nitrogen and oxygen atoms in total. The van der Waals surface area contributed by atoms with Gasteiger partial charge in [0.15, 0.2) is 11.5 Å². The lowest BCUT2D eigenvalue weighted by molar-refractivity contribution is 0.338. The molecule has 1 aliphatic carbocycles. The highest BCUT2D eigenvalue weighted by Crippen LogP contribution is 2.37. The molecule has 0 unspecified atom stereocenters. The van der Waals surface area contributed by atoms with E-state index in [1.807, 2.05) is 30.3 Å². The van der Waals surface area contributed by atoms with Gasteiger partial charge >= 0.3 is 0 Å². The molecule has 32 heavy (non-hydrogen) atoms. The van der Waals surface area contributed by atoms with E-state index in [1.165, 1.54) is 6.42 Å². The van der Waals surface area contributed by atoms with Crippen LogP contribution in [0.5, 0.6) is 0 Å². The van der Waals surface area contributed by atoms with Crippen molar-refractivity contribution < 1.29 is 4.42 Å². The van der Waals surface area contributed by atoms with E-state index in [2.05, 4.69) is 48.4 Å². The minimum atomic E-state index is 0.393. The second-order valence-corrected chi connectivity index (χ2v) is 8.82. The summed E-state index contributed by atoms with van der Waals surface area (Å²) in [6.07, 6.45) is 3.46. The molecule has 2 fully saturated rings. The van der Waals surface area contributed by atoms with Gasteiger partial charge in [-0.2, -0.15) is 0 Å². The summed E-state index contributed by atoms with van der Waals surface area (Å²) in [5.74, 6) is 2.45. The fraction of sp³-hybridized carbons (Fsp3) is 0.333. The molecule has 0 atom stereocenters. The van der Waals surface area contributed by atoms with Gasteiger partial charge in [-0.1, -0.05) is 54.4 Å². The van der Waals surface area contributed by atoms with Crippen LogP contribution >= 0.6 is 11.6 Å². The molecule has 1 saturated carbocycles. The first kappa shape index (κ1) is 19.5. The first-order chi connectivity index (χ1) is 15.8. The third-order valence-electron chi connectivity index (χ3n) is 6.54. The number of halogens is 1. The van der Waals surface area contributed by atoms with Gasteiger partial charge in [0.2, 0.25) is 5.89 Å². The zero-order valence-electron chi connectivity index (χ0n) is 17.6. The molecule has 1 saturated heterocycles. The van der Waals surface area contributed by atoms with Crippen LogP contribution in [0.3, 0.4) is 0 Å². The van der Waals surface area contributed by atoms with Crippen molar-refractivity contribution in [3.8, 4) is 11.6 Å². The molecule has 2 aromatic carbocycles. The Balaban J connectivity index is 1.29. The number of piperazine rings is 1. The van der Waals surface area contributed by atoms with Crippen LogP contribution in [0.4, 0.5) is 11.5 Å². The van der Waals surface area contributed by atoms with Crippen LogP contribution in [-0.4, -0.2) is 46.6 Å². The smallest absolute Gasteiger partial charge is 0.268 e. The van der Waals surface area contributed by atoms with Crippen molar-refractivity contribution in [1.82, 2.24) is 20.4 Å². The average Bonchev–Trinajstić information content (AvgIpc) is 3.27. The molecule has 0 spiro atoms. The molecule has 0 amide bonds. The van der Waals surface area contributed by atoms with Crippen molar-refractivity contribution in [1.29, 1.82) is 0 Å². The van der Waals surface area contributed by atoms with Crippen LogP contribution in [0.1, 0.15) is 31.1 Å². The number of hydrogen-bond acceptors (Lipinski definition) is 7. The maximum atomic E-state index is 6.40. The van der Waals surface area contributed by atoms with Crippen molar-refractivity contribution in [2.45, 2.75) is 25.2 Å². The topological polar surface area (TPSA) is 71.2 Å². The fourth-order valence-corrected chi connectivity index (χ4v) is 4.75. The van der Waals surface area contributed by atoms with Crippen LogP contribution in [0.25, 0.3) is 22.4 Å². The highest BCUT2D eigenvalue weighted by molar-refractivity contribution is 6.33. The van der Waals surface area contributed by atoms with E-state index in [-0.39, 0.29) is 0 Å². The molecule has 0 radical (unpaired) electrons. The lowest BCUT2D eigenvalue weighted by atomic mass is 9.85. The first-order valence-corrected chi connectivity index (χ1v) is 11.5. The molecule has 6 rings (SSSR count). The summed E-state index contributed by atoms with van der Waals surface area (Å²) in [6, 6.07) is 16.2. The molecule has 3 heterocycles. The third kappa shape index (κ3) is 3.37. The normalized spacial score (nSPS) is 17.0. The number of nitrogens with zero attached hydrogens (tertiary/aromatic N) is 6. The SMILES string of the molecule is Clc1ccccc1N1CCN(c2nnc(-c3nnc(C4CCC4)o3)c3ccccc23)CC1. The molecule has 1 aliphatic heterocycles. The van der Waals surface area contributed by atoms with Gasteiger partial charge in [-0.3, -0.25) is 0 Å². The zero-order valence-corrected chi connectivity index (χ0v) is 18.4. The summed E-state index contributed by atoms with van der Waals surface area (Å²) in [5, 5.41) is 20.5. The summed E-state index contributed by atoms with van der Waals surface area (Å²) in [4.78, 5) is 4.61. The number of para-hydroxylation sites is 1. The lowest BCUT2D eigenvalue weighted by Gasteiger charge is -2.37. The van der Waals surface area contributed by atoms with Crippen molar-refractivity contribution in [3.63, 3.8) is 0 Å². The van der Waals surface area contributed by atoms with Gasteiger partial charge in [0.05, 0.1) is 10.7 Å². The number of anilines is 2. The van der Waals surface area contributed by atoms with Gasteiger partial charge in [-0.05, 0) is 25.0 Å². The largest absolute Gasteiger partial charge is 0.419 e. The molecule has 0 bridgehead atoms. The quantitative estimate of drug-likeness (QED) is 0.440. The standard InChI is InChI=1S/C24H23ClN6O/c25-19-10-3-4-11-20(19)30-12-14-31(15-13-30)22-18-9-2-1-8-17(18)21(26-27-22)24-29-28-23(32-24)16-6-5-7-16/h1-4,8-11,16H,5-7,12-15H2. The van der Waals surface area contributed by atoms with E-state index in [1.54, 1.807) is 0 Å². The van der Waals surface area contributed by atoms with Crippen LogP contribution in [-0.2, 0) is 0 Å². The molecule has 162 valence electrons. The second kappa shape index (κ2) is 8.06. The number of benzene rings is 2. The predicted molar refractivity (Wildman–Crippen MR) is 125 cm³/mol. The van der Waals surface area contributed by atoms with E-state index in [4.69, 9.17) is 16.0 Å². The van der Waals surface area contributed by atoms with Crippen LogP contribution in [0, 0.1) is 0 Å². The average molecular weight is 447 g/mol. The van der Waals surface area contributed by atoms with Crippen molar-refractivity contribution in [2.24, 2.45) is 0 Å². The van der Waals surface area contributed by atoms with Crippen molar-refractivity contribution >= 4 is 33.9 Å². The Hall–Kier alpha value is -3.19. The van der Waals surface area contributed by atoms with E-state index in [0.29, 0.717) is 17.5 Å². The van der Waals surface area contributed by atoms with Gasteiger partial charge in [-0.15, -0.1) is 20.4 Å². The summed E-state index contributed by atoms with van der Waals surface area (Å²) in [7, 11) is 0. The van der Waals surface area contributed by atoms with E-state index < -0.39 is 0 Å². The summed E-state index contributed by atoms with van der Waals surface area (Å²) in [6.45, 7) is 3.43. The van der Waals surface area contributed by atoms with Gasteiger partial charge in [0.25, 0.3) is 5.89 Å². The van der Waals surface area contributed by atoms with Crippen LogP contribution in [0.15, 0.2) is 52.9 Å². The Morgan fingerprint density at radius 2 is 1.50 bits per heavy atom. The number of aromatic nitrogens is 4. The molecule has 2 aromatic heterocycles. The maximum Gasteiger partial charge on any atom is 0.268 e. The van der Waals surface area contributed by atoms with E-state index in [9.17, 15) is 0 Å². The highest BCUT2D eigenvalue weighted by Gasteiger charge is 2.27. The number of rotatable bonds is 4. The Morgan fingerprint density at radius 1 is 0.781 bits per heavy atom. The molecule has 4 aromatic rings. The van der Waals surface area contributed by atoms with Gasteiger partial charge < -0.3 is 14.2 Å². The predicted octanol–water partition coefficient (Wildman–Crippen LogP) is 4.93. The van der Waals surface area contributed by atoms with Crippen molar-refractivity contribution in [2.75, 3.05) is 36.0 Å². The summed E-state index contributed by atoms with van der Waals surface area (Å²) >= 11 is 6.40.